The predicted octanol–water partition coefficient (Wildman–Crippen LogP) is 3.82. The van der Waals surface area contributed by atoms with E-state index in [0.29, 0.717) is 30.0 Å². The molecule has 0 aliphatic heterocycles. The van der Waals surface area contributed by atoms with E-state index in [-0.39, 0.29) is 22.2 Å². The Hall–Kier alpha value is -3.32. The Morgan fingerprint density at radius 3 is 2.35 bits per heavy atom. The van der Waals surface area contributed by atoms with Crippen LogP contribution in [0.15, 0.2) is 82.6 Å². The molecule has 0 aromatic heterocycles. The normalized spacial score (nSPS) is 11.0. The molecule has 31 heavy (non-hydrogen) atoms. The van der Waals surface area contributed by atoms with Crippen molar-refractivity contribution in [1.29, 1.82) is 0 Å². The summed E-state index contributed by atoms with van der Waals surface area (Å²) in [7, 11) is -2.06. The average Bonchev–Trinajstić information content (AvgIpc) is 2.81. The molecule has 0 unspecified atom stereocenters. The van der Waals surface area contributed by atoms with Crippen LogP contribution in [0.5, 0.6) is 5.75 Å². The maximum atomic E-state index is 13.1. The van der Waals surface area contributed by atoms with Crippen molar-refractivity contribution in [1.82, 2.24) is 5.32 Å². The van der Waals surface area contributed by atoms with Crippen molar-refractivity contribution < 1.29 is 17.9 Å². The fourth-order valence-electron chi connectivity index (χ4n) is 3.36. The first-order chi connectivity index (χ1) is 15.0. The zero-order valence-electron chi connectivity index (χ0n) is 17.6. The summed E-state index contributed by atoms with van der Waals surface area (Å²) in [5, 5.41) is 5.94. The van der Waals surface area contributed by atoms with Gasteiger partial charge in [-0.05, 0) is 42.3 Å². The van der Waals surface area contributed by atoms with Gasteiger partial charge in [0.1, 0.15) is 5.75 Å². The maximum absolute atomic E-state index is 13.1. The van der Waals surface area contributed by atoms with E-state index in [4.69, 9.17) is 4.74 Å². The van der Waals surface area contributed by atoms with E-state index in [1.807, 2.05) is 31.2 Å². The molecule has 0 heterocycles. The third-order valence-corrected chi connectivity index (χ3v) is 6.79. The highest BCUT2D eigenvalue weighted by molar-refractivity contribution is 7.91. The summed E-state index contributed by atoms with van der Waals surface area (Å²) in [6, 6.07) is 20.9. The fourth-order valence-corrected chi connectivity index (χ4v) is 4.96. The topological polar surface area (TPSA) is 84.5 Å². The lowest BCUT2D eigenvalue weighted by atomic mass is 10.1. The number of sulfone groups is 1. The molecule has 0 atom stereocenters. The van der Waals surface area contributed by atoms with Crippen LogP contribution in [0.1, 0.15) is 18.1 Å². The molecule has 3 aromatic carbocycles. The van der Waals surface area contributed by atoms with Gasteiger partial charge in [0.15, 0.2) is 0 Å². The number of carbonyl (C=O) groups is 1. The smallest absolute Gasteiger partial charge is 0.239 e. The molecular formula is C24H26N2O4S. The van der Waals surface area contributed by atoms with E-state index in [0.717, 1.165) is 5.56 Å². The summed E-state index contributed by atoms with van der Waals surface area (Å²) in [5.74, 6) is 0.507. The second-order valence-corrected chi connectivity index (χ2v) is 8.81. The minimum Gasteiger partial charge on any atom is -0.496 e. The van der Waals surface area contributed by atoms with Gasteiger partial charge >= 0.3 is 0 Å². The molecule has 0 saturated carbocycles. The lowest BCUT2D eigenvalue weighted by Gasteiger charge is -2.16. The van der Waals surface area contributed by atoms with E-state index in [1.165, 1.54) is 0 Å². The molecular weight excluding hydrogens is 412 g/mol. The van der Waals surface area contributed by atoms with Gasteiger partial charge in [0.05, 0.1) is 23.4 Å². The number of para-hydroxylation sites is 1. The zero-order chi connectivity index (χ0) is 22.3. The average molecular weight is 439 g/mol. The van der Waals surface area contributed by atoms with Gasteiger partial charge in [-0.25, -0.2) is 8.42 Å². The standard InChI is InChI=1S/C24H26N2O4S/c1-3-20-21(13-9-15-23(20)31(28,29)19-11-5-4-6-12-19)25-17-24(27)26-16-18-10-7-8-14-22(18)30-2/h4-15,25H,3,16-17H2,1-2H3,(H,26,27). The van der Waals surface area contributed by atoms with Gasteiger partial charge in [0, 0.05) is 17.8 Å². The van der Waals surface area contributed by atoms with Crippen LogP contribution < -0.4 is 15.4 Å². The van der Waals surface area contributed by atoms with Crippen molar-refractivity contribution >= 4 is 21.4 Å². The molecule has 0 radical (unpaired) electrons. The molecule has 2 N–H and O–H groups in total. The van der Waals surface area contributed by atoms with Crippen LogP contribution in [0.2, 0.25) is 0 Å². The van der Waals surface area contributed by atoms with Crippen molar-refractivity contribution in [3.8, 4) is 5.75 Å². The Morgan fingerprint density at radius 2 is 1.65 bits per heavy atom. The van der Waals surface area contributed by atoms with Gasteiger partial charge in [-0.3, -0.25) is 4.79 Å². The highest BCUT2D eigenvalue weighted by atomic mass is 32.2. The van der Waals surface area contributed by atoms with Gasteiger partial charge in [-0.1, -0.05) is 49.4 Å². The summed E-state index contributed by atoms with van der Waals surface area (Å²) < 4.78 is 31.5. The Morgan fingerprint density at radius 1 is 0.935 bits per heavy atom. The van der Waals surface area contributed by atoms with Gasteiger partial charge in [0.25, 0.3) is 0 Å². The van der Waals surface area contributed by atoms with E-state index < -0.39 is 9.84 Å². The molecule has 0 aliphatic rings. The number of carbonyl (C=O) groups excluding carboxylic acids is 1. The van der Waals surface area contributed by atoms with Gasteiger partial charge < -0.3 is 15.4 Å². The number of nitrogens with one attached hydrogen (secondary N) is 2. The molecule has 0 fully saturated rings. The third kappa shape index (κ3) is 5.24. The fraction of sp³-hybridized carbons (Fsp3) is 0.208. The predicted molar refractivity (Wildman–Crippen MR) is 121 cm³/mol. The van der Waals surface area contributed by atoms with Gasteiger partial charge in [0.2, 0.25) is 15.7 Å². The molecule has 0 aliphatic carbocycles. The highest BCUT2D eigenvalue weighted by Crippen LogP contribution is 2.29. The molecule has 0 bridgehead atoms. The van der Waals surface area contributed by atoms with Gasteiger partial charge in [-0.15, -0.1) is 0 Å². The minimum atomic E-state index is -3.65. The van der Waals surface area contributed by atoms with Gasteiger partial charge in [-0.2, -0.15) is 0 Å². The lowest BCUT2D eigenvalue weighted by molar-refractivity contribution is -0.119. The quantitative estimate of drug-likeness (QED) is 0.531. The number of benzene rings is 3. The maximum Gasteiger partial charge on any atom is 0.239 e. The molecule has 3 rings (SSSR count). The Balaban J connectivity index is 1.72. The van der Waals surface area contributed by atoms with Crippen molar-refractivity contribution in [2.75, 3.05) is 19.0 Å². The number of amides is 1. The van der Waals surface area contributed by atoms with Crippen molar-refractivity contribution in [3.05, 3.63) is 83.9 Å². The van der Waals surface area contributed by atoms with E-state index in [2.05, 4.69) is 10.6 Å². The number of ether oxygens (including phenoxy) is 1. The Kier molecular flexibility index (Phi) is 7.31. The highest BCUT2D eigenvalue weighted by Gasteiger charge is 2.22. The van der Waals surface area contributed by atoms with Crippen LogP contribution in [-0.4, -0.2) is 28.0 Å². The third-order valence-electron chi connectivity index (χ3n) is 4.94. The molecule has 162 valence electrons. The molecule has 3 aromatic rings. The van der Waals surface area contributed by atoms with E-state index >= 15 is 0 Å². The molecule has 0 spiro atoms. The summed E-state index contributed by atoms with van der Waals surface area (Å²) in [5.41, 5.74) is 2.17. The SMILES string of the molecule is CCc1c(NCC(=O)NCc2ccccc2OC)cccc1S(=O)(=O)c1ccccc1. The molecule has 1 amide bonds. The summed E-state index contributed by atoms with van der Waals surface area (Å²) in [6.45, 7) is 2.26. The molecule has 0 saturated heterocycles. The summed E-state index contributed by atoms with van der Waals surface area (Å²) >= 11 is 0. The summed E-state index contributed by atoms with van der Waals surface area (Å²) in [6.07, 6.45) is 0.507. The second-order valence-electron chi connectivity index (χ2n) is 6.89. The largest absolute Gasteiger partial charge is 0.496 e. The summed E-state index contributed by atoms with van der Waals surface area (Å²) in [4.78, 5) is 12.9. The minimum absolute atomic E-state index is 0.0248. The van der Waals surface area contributed by atoms with Crippen LogP contribution in [0, 0.1) is 0 Å². The number of methoxy groups -OCH3 is 1. The van der Waals surface area contributed by atoms with Crippen molar-refractivity contribution in [2.24, 2.45) is 0 Å². The first kappa shape index (κ1) is 22.4. The first-order valence-electron chi connectivity index (χ1n) is 10.0. The van der Waals surface area contributed by atoms with Crippen LogP contribution in [0.3, 0.4) is 0 Å². The molecule has 6 nitrogen and oxygen atoms in total. The number of anilines is 1. The van der Waals surface area contributed by atoms with E-state index in [9.17, 15) is 13.2 Å². The number of hydrogen-bond donors (Lipinski definition) is 2. The van der Waals surface area contributed by atoms with Crippen molar-refractivity contribution in [3.63, 3.8) is 0 Å². The lowest BCUT2D eigenvalue weighted by Crippen LogP contribution is -2.29. The van der Waals surface area contributed by atoms with E-state index in [1.54, 1.807) is 55.6 Å². The number of hydrogen-bond acceptors (Lipinski definition) is 5. The van der Waals surface area contributed by atoms with Crippen LogP contribution in [0.25, 0.3) is 0 Å². The first-order valence-corrected chi connectivity index (χ1v) is 11.5. The van der Waals surface area contributed by atoms with Crippen LogP contribution in [0.4, 0.5) is 5.69 Å². The Labute approximate surface area is 183 Å². The Bertz CT molecular complexity index is 1150. The van der Waals surface area contributed by atoms with Crippen molar-refractivity contribution in [2.45, 2.75) is 29.7 Å². The second kappa shape index (κ2) is 10.1. The monoisotopic (exact) mass is 438 g/mol. The van der Waals surface area contributed by atoms with Crippen LogP contribution >= 0.6 is 0 Å². The molecule has 7 heteroatoms. The number of rotatable bonds is 9. The zero-order valence-corrected chi connectivity index (χ0v) is 18.4. The van der Waals surface area contributed by atoms with Crippen LogP contribution in [-0.2, 0) is 27.6 Å².